The molecule has 10 heteroatoms. The van der Waals surface area contributed by atoms with Crippen LogP contribution in [-0.2, 0) is 17.8 Å². The van der Waals surface area contributed by atoms with Gasteiger partial charge in [0.2, 0.25) is 12.7 Å². The van der Waals surface area contributed by atoms with Gasteiger partial charge in [0.05, 0.1) is 5.69 Å². The van der Waals surface area contributed by atoms with Crippen molar-refractivity contribution in [1.82, 2.24) is 20.1 Å². The van der Waals surface area contributed by atoms with Crippen molar-refractivity contribution in [2.75, 3.05) is 38.3 Å². The summed E-state index contributed by atoms with van der Waals surface area (Å²) in [4.78, 5) is 33.8. The molecule has 2 N–H and O–H groups in total. The summed E-state index contributed by atoms with van der Waals surface area (Å²) in [6, 6.07) is 6.14. The Balaban J connectivity index is 1.01. The van der Waals surface area contributed by atoms with Crippen LogP contribution in [0.15, 0.2) is 23.6 Å². The molecule has 2 aromatic rings. The number of aryl methyl sites for hydroxylation is 1. The third kappa shape index (κ3) is 6.43. The summed E-state index contributed by atoms with van der Waals surface area (Å²) in [5.41, 5.74) is 2.03. The van der Waals surface area contributed by atoms with Crippen LogP contribution in [0.2, 0.25) is 0 Å². The first-order chi connectivity index (χ1) is 17.1. The zero-order valence-electron chi connectivity index (χ0n) is 20.0. The summed E-state index contributed by atoms with van der Waals surface area (Å²) in [5.74, 6) is 1.77. The van der Waals surface area contributed by atoms with Gasteiger partial charge in [-0.2, -0.15) is 0 Å². The number of thiazole rings is 1. The van der Waals surface area contributed by atoms with E-state index in [2.05, 4.69) is 26.6 Å². The van der Waals surface area contributed by atoms with E-state index in [4.69, 9.17) is 9.47 Å². The Bertz CT molecular complexity index is 1030. The van der Waals surface area contributed by atoms with Crippen LogP contribution in [0.25, 0.3) is 0 Å². The molecule has 3 heterocycles. The van der Waals surface area contributed by atoms with Gasteiger partial charge in [0.15, 0.2) is 16.6 Å². The Morgan fingerprint density at radius 1 is 1.06 bits per heavy atom. The van der Waals surface area contributed by atoms with Crippen molar-refractivity contribution in [2.24, 2.45) is 0 Å². The summed E-state index contributed by atoms with van der Waals surface area (Å²) >= 11 is 1.40. The molecule has 0 spiro atoms. The van der Waals surface area contributed by atoms with Crippen LogP contribution in [0, 0.1) is 0 Å². The monoisotopic (exact) mass is 499 g/mol. The maximum atomic E-state index is 12.7. The molecule has 1 aliphatic carbocycles. The first-order valence-electron chi connectivity index (χ1n) is 12.5. The number of aromatic nitrogens is 1. The molecule has 3 amide bonds. The van der Waals surface area contributed by atoms with Gasteiger partial charge in [-0.15, -0.1) is 11.3 Å². The lowest BCUT2D eigenvalue weighted by molar-refractivity contribution is -0.133. The fourth-order valence-electron chi connectivity index (χ4n) is 4.89. The van der Waals surface area contributed by atoms with E-state index in [1.54, 1.807) is 0 Å². The molecule has 0 radical (unpaired) electrons. The van der Waals surface area contributed by atoms with Gasteiger partial charge in [0.25, 0.3) is 0 Å². The number of amides is 3. The Hall–Kier alpha value is -2.85. The summed E-state index contributed by atoms with van der Waals surface area (Å²) in [5, 5.41) is 8.39. The minimum Gasteiger partial charge on any atom is -0.454 e. The zero-order chi connectivity index (χ0) is 24.0. The molecule has 3 aliphatic rings. The average molecular weight is 500 g/mol. The van der Waals surface area contributed by atoms with Crippen molar-refractivity contribution >= 4 is 28.4 Å². The van der Waals surface area contributed by atoms with E-state index < -0.39 is 0 Å². The van der Waals surface area contributed by atoms with Gasteiger partial charge in [0, 0.05) is 50.6 Å². The Labute approximate surface area is 209 Å². The fraction of sp³-hybridized carbons (Fsp3) is 0.560. The molecular formula is C25H33N5O4S. The number of fused-ring (bicyclic) bond motifs is 1. The van der Waals surface area contributed by atoms with Gasteiger partial charge in [-0.05, 0) is 37.0 Å². The standard InChI is InChI=1S/C25H33N5O4S/c31-23(9-7-20-16-35-25(27-20)28-24(32)26-19-4-2-1-3-5-19)30-12-10-29(11-13-30)15-18-6-8-21-22(14-18)34-17-33-21/h6,8,14,16,19H,1-5,7,9-13,15,17H2,(H2,26,27,28,32). The highest BCUT2D eigenvalue weighted by Gasteiger charge is 2.22. The van der Waals surface area contributed by atoms with Crippen LogP contribution in [-0.4, -0.2) is 65.7 Å². The highest BCUT2D eigenvalue weighted by atomic mass is 32.1. The second-order valence-corrected chi connectivity index (χ2v) is 10.3. The quantitative estimate of drug-likeness (QED) is 0.604. The molecule has 0 unspecified atom stereocenters. The lowest BCUT2D eigenvalue weighted by atomic mass is 9.96. The van der Waals surface area contributed by atoms with Crippen molar-refractivity contribution in [3.63, 3.8) is 0 Å². The maximum Gasteiger partial charge on any atom is 0.321 e. The molecule has 1 aromatic heterocycles. The van der Waals surface area contributed by atoms with Crippen LogP contribution in [0.1, 0.15) is 49.8 Å². The number of piperazine rings is 1. The van der Waals surface area contributed by atoms with E-state index in [0.29, 0.717) is 18.0 Å². The molecule has 1 saturated heterocycles. The van der Waals surface area contributed by atoms with Crippen molar-refractivity contribution < 1.29 is 19.1 Å². The molecule has 5 rings (SSSR count). The summed E-state index contributed by atoms with van der Waals surface area (Å²) in [7, 11) is 0. The van der Waals surface area contributed by atoms with Gasteiger partial charge in [-0.1, -0.05) is 25.3 Å². The first kappa shape index (κ1) is 23.9. The first-order valence-corrected chi connectivity index (χ1v) is 13.4. The Kier molecular flexibility index (Phi) is 7.68. The van der Waals surface area contributed by atoms with Gasteiger partial charge in [-0.3, -0.25) is 15.0 Å². The van der Waals surface area contributed by atoms with Gasteiger partial charge in [0.1, 0.15) is 0 Å². The van der Waals surface area contributed by atoms with Gasteiger partial charge in [-0.25, -0.2) is 9.78 Å². The van der Waals surface area contributed by atoms with Crippen LogP contribution in [0.4, 0.5) is 9.93 Å². The predicted molar refractivity (Wildman–Crippen MR) is 134 cm³/mol. The number of nitrogens with zero attached hydrogens (tertiary/aromatic N) is 3. The smallest absolute Gasteiger partial charge is 0.321 e. The molecule has 1 saturated carbocycles. The minimum atomic E-state index is -0.188. The summed E-state index contributed by atoms with van der Waals surface area (Å²) < 4.78 is 10.8. The normalized spacial score (nSPS) is 18.5. The topological polar surface area (TPSA) is 96.0 Å². The highest BCUT2D eigenvalue weighted by Crippen LogP contribution is 2.33. The van der Waals surface area contributed by atoms with E-state index in [-0.39, 0.29) is 24.8 Å². The van der Waals surface area contributed by atoms with Crippen molar-refractivity contribution in [3.8, 4) is 11.5 Å². The van der Waals surface area contributed by atoms with Crippen LogP contribution >= 0.6 is 11.3 Å². The number of anilines is 1. The predicted octanol–water partition coefficient (Wildman–Crippen LogP) is 3.60. The number of ether oxygens (including phenoxy) is 2. The number of carbonyl (C=O) groups excluding carboxylic acids is 2. The van der Waals surface area contributed by atoms with Crippen LogP contribution in [0.3, 0.4) is 0 Å². The number of urea groups is 1. The maximum absolute atomic E-state index is 12.7. The SMILES string of the molecule is O=C(Nc1nc(CCC(=O)N2CCN(Cc3ccc4c(c3)OCO4)CC2)cs1)NC1CCCCC1. The molecule has 35 heavy (non-hydrogen) atoms. The van der Waals surface area contributed by atoms with Gasteiger partial charge < -0.3 is 19.7 Å². The molecule has 0 bridgehead atoms. The third-order valence-electron chi connectivity index (χ3n) is 6.88. The summed E-state index contributed by atoms with van der Waals surface area (Å²) in [6.07, 6.45) is 6.71. The lowest BCUT2D eigenvalue weighted by Gasteiger charge is -2.34. The van der Waals surface area contributed by atoms with E-state index in [1.807, 2.05) is 22.4 Å². The fourth-order valence-corrected chi connectivity index (χ4v) is 5.63. The Morgan fingerprint density at radius 3 is 2.69 bits per heavy atom. The third-order valence-corrected chi connectivity index (χ3v) is 7.68. The second-order valence-electron chi connectivity index (χ2n) is 9.42. The van der Waals surface area contributed by atoms with Gasteiger partial charge >= 0.3 is 6.03 Å². The lowest BCUT2D eigenvalue weighted by Crippen LogP contribution is -2.48. The highest BCUT2D eigenvalue weighted by molar-refractivity contribution is 7.13. The largest absolute Gasteiger partial charge is 0.454 e. The molecule has 0 atom stereocenters. The number of nitrogens with one attached hydrogen (secondary N) is 2. The molecular weight excluding hydrogens is 466 g/mol. The molecule has 2 fully saturated rings. The minimum absolute atomic E-state index is 0.158. The number of carbonyl (C=O) groups is 2. The molecule has 9 nitrogen and oxygen atoms in total. The molecule has 1 aromatic carbocycles. The van der Waals surface area contributed by atoms with Crippen molar-refractivity contribution in [3.05, 3.63) is 34.8 Å². The number of hydrogen-bond donors (Lipinski definition) is 2. The van der Waals surface area contributed by atoms with Crippen LogP contribution in [0.5, 0.6) is 11.5 Å². The zero-order valence-corrected chi connectivity index (χ0v) is 20.8. The van der Waals surface area contributed by atoms with E-state index in [0.717, 1.165) is 62.8 Å². The average Bonchev–Trinajstić information content (AvgIpc) is 3.52. The Morgan fingerprint density at radius 2 is 1.86 bits per heavy atom. The van der Waals surface area contributed by atoms with Crippen molar-refractivity contribution in [2.45, 2.75) is 57.5 Å². The second kappa shape index (κ2) is 11.3. The summed E-state index contributed by atoms with van der Waals surface area (Å²) in [6.45, 7) is 4.28. The van der Waals surface area contributed by atoms with E-state index in [9.17, 15) is 9.59 Å². The molecule has 2 aliphatic heterocycles. The van der Waals surface area contributed by atoms with E-state index >= 15 is 0 Å². The van der Waals surface area contributed by atoms with Crippen LogP contribution < -0.4 is 20.1 Å². The molecule has 188 valence electrons. The van der Waals surface area contributed by atoms with E-state index in [1.165, 1.54) is 36.2 Å². The number of benzene rings is 1. The number of rotatable bonds is 7. The van der Waals surface area contributed by atoms with Crippen molar-refractivity contribution in [1.29, 1.82) is 0 Å². The number of hydrogen-bond acceptors (Lipinski definition) is 7.